The summed E-state index contributed by atoms with van der Waals surface area (Å²) in [4.78, 5) is 26.1. The third-order valence-corrected chi connectivity index (χ3v) is 10.4. The summed E-state index contributed by atoms with van der Waals surface area (Å²) in [5.41, 5.74) is 2.72. The monoisotopic (exact) mass is 567 g/mol. The molecule has 1 saturated carbocycles. The van der Waals surface area contributed by atoms with Crippen LogP contribution >= 0.6 is 11.8 Å². The second-order valence-corrected chi connectivity index (χ2v) is 14.4. The van der Waals surface area contributed by atoms with Gasteiger partial charge in [-0.2, -0.15) is 0 Å². The summed E-state index contributed by atoms with van der Waals surface area (Å²) in [7, 11) is -3.90. The van der Waals surface area contributed by atoms with E-state index in [2.05, 4.69) is 39.8 Å². The second-order valence-electron chi connectivity index (χ2n) is 11.3. The van der Waals surface area contributed by atoms with Crippen molar-refractivity contribution in [1.82, 2.24) is 9.62 Å². The third kappa shape index (κ3) is 7.31. The lowest BCUT2D eigenvalue weighted by molar-refractivity contribution is -0.131. The summed E-state index contributed by atoms with van der Waals surface area (Å²) in [6.45, 7) is 11.9. The van der Waals surface area contributed by atoms with Crippen LogP contribution < -0.4 is 4.72 Å². The highest BCUT2D eigenvalue weighted by molar-refractivity contribution is 8.19. The highest BCUT2D eigenvalue weighted by Crippen LogP contribution is 2.42. The fourth-order valence-corrected chi connectivity index (χ4v) is 7.52. The Morgan fingerprint density at radius 1 is 1.18 bits per heavy atom. The molecule has 0 aromatic heterocycles. The molecule has 1 aromatic carbocycles. The molecule has 2 aliphatic rings. The van der Waals surface area contributed by atoms with Gasteiger partial charge in [0, 0.05) is 6.20 Å². The van der Waals surface area contributed by atoms with E-state index >= 15 is 0 Å². The Morgan fingerprint density at radius 2 is 1.74 bits per heavy atom. The van der Waals surface area contributed by atoms with Gasteiger partial charge >= 0.3 is 6.09 Å². The van der Waals surface area contributed by atoms with Crippen molar-refractivity contribution in [1.29, 1.82) is 4.78 Å². The van der Waals surface area contributed by atoms with Crippen molar-refractivity contribution < 1.29 is 28.7 Å². The van der Waals surface area contributed by atoms with Gasteiger partial charge in [-0.05, 0) is 60.8 Å². The summed E-state index contributed by atoms with van der Waals surface area (Å²) in [5.74, 6) is -0.0286. The van der Waals surface area contributed by atoms with E-state index in [1.165, 1.54) is 37.8 Å². The Bertz CT molecular complexity index is 1150. The van der Waals surface area contributed by atoms with Crippen LogP contribution in [0.2, 0.25) is 0 Å². The molecular formula is C27H41N3O6S2. The van der Waals surface area contributed by atoms with Crippen LogP contribution in [0.3, 0.4) is 0 Å². The Hall–Kier alpha value is -2.08. The summed E-state index contributed by atoms with van der Waals surface area (Å²) >= 11 is 0.866. The Kier molecular flexibility index (Phi) is 9.60. The molecule has 0 spiro atoms. The number of benzene rings is 1. The lowest BCUT2D eigenvalue weighted by Crippen LogP contribution is -2.46. The molecule has 9 nitrogen and oxygen atoms in total. The molecule has 3 rings (SSSR count). The van der Waals surface area contributed by atoms with Crippen LogP contribution in [0.25, 0.3) is 0 Å². The van der Waals surface area contributed by atoms with Gasteiger partial charge in [-0.1, -0.05) is 64.4 Å². The summed E-state index contributed by atoms with van der Waals surface area (Å²) in [6.07, 6.45) is 4.60. The van der Waals surface area contributed by atoms with Crippen LogP contribution in [0, 0.1) is 4.78 Å². The van der Waals surface area contributed by atoms with Crippen molar-refractivity contribution in [3.8, 4) is 0 Å². The highest BCUT2D eigenvalue weighted by Gasteiger charge is 2.43. The zero-order valence-electron chi connectivity index (χ0n) is 23.1. The number of rotatable bonds is 10. The van der Waals surface area contributed by atoms with Gasteiger partial charge in [-0.15, -0.1) is 0 Å². The fraction of sp³-hybridized carbons (Fsp3) is 0.630. The fourth-order valence-electron chi connectivity index (χ4n) is 4.99. The van der Waals surface area contributed by atoms with Gasteiger partial charge in [0.2, 0.25) is 5.91 Å². The van der Waals surface area contributed by atoms with Crippen molar-refractivity contribution >= 4 is 33.7 Å². The number of hydrogen-bond acceptors (Lipinski definition) is 7. The molecule has 212 valence electrons. The zero-order chi connectivity index (χ0) is 28.4. The maximum Gasteiger partial charge on any atom is 0.417 e. The van der Waals surface area contributed by atoms with Crippen molar-refractivity contribution in [3.05, 3.63) is 44.8 Å². The zero-order valence-corrected chi connectivity index (χ0v) is 24.7. The molecule has 0 saturated heterocycles. The smallest absolute Gasteiger partial charge is 0.417 e. The van der Waals surface area contributed by atoms with Crippen LogP contribution in [-0.2, 0) is 32.5 Å². The molecule has 38 heavy (non-hydrogen) atoms. The van der Waals surface area contributed by atoms with Gasteiger partial charge in [0.15, 0.2) is 9.92 Å². The average Bonchev–Trinajstić information content (AvgIpc) is 3.47. The minimum atomic E-state index is -3.90. The van der Waals surface area contributed by atoms with E-state index in [0.29, 0.717) is 12.7 Å². The Balaban J connectivity index is 1.96. The lowest BCUT2D eigenvalue weighted by atomic mass is 9.85. The molecule has 1 aliphatic heterocycles. The van der Waals surface area contributed by atoms with Crippen LogP contribution in [0.15, 0.2) is 22.6 Å². The van der Waals surface area contributed by atoms with Gasteiger partial charge in [-0.3, -0.25) is 4.79 Å². The SMILES string of the molecule is CC(C)c1cc(COC2CCCC2)cc(C(C)C)c1CC(=O)N1C=C(S(=N)(=O)NC(=O)O)SC1C(C)(C)O. The van der Waals surface area contributed by atoms with Gasteiger partial charge in [0.25, 0.3) is 0 Å². The Morgan fingerprint density at radius 3 is 2.21 bits per heavy atom. The number of ether oxygens (including phenoxy) is 1. The first-order chi connectivity index (χ1) is 17.6. The van der Waals surface area contributed by atoms with Crippen molar-refractivity contribution in [2.75, 3.05) is 0 Å². The molecule has 2 unspecified atom stereocenters. The number of nitrogens with zero attached hydrogens (tertiary/aromatic N) is 1. The van der Waals surface area contributed by atoms with Crippen LogP contribution in [0.1, 0.15) is 101 Å². The molecule has 4 N–H and O–H groups in total. The van der Waals surface area contributed by atoms with E-state index in [9.17, 15) is 18.9 Å². The molecular weight excluding hydrogens is 526 g/mol. The van der Waals surface area contributed by atoms with E-state index in [-0.39, 0.29) is 28.4 Å². The highest BCUT2D eigenvalue weighted by atomic mass is 32.3. The normalized spacial score (nSPS) is 20.2. The first-order valence-electron chi connectivity index (χ1n) is 13.1. The molecule has 1 fully saturated rings. The quantitative estimate of drug-likeness (QED) is 0.287. The van der Waals surface area contributed by atoms with E-state index in [1.807, 2.05) is 0 Å². The molecule has 0 radical (unpaired) electrons. The van der Waals surface area contributed by atoms with Gasteiger partial charge < -0.3 is 19.8 Å². The molecule has 1 heterocycles. The van der Waals surface area contributed by atoms with Crippen LogP contribution in [-0.4, -0.2) is 48.4 Å². The predicted molar refractivity (Wildman–Crippen MR) is 150 cm³/mol. The number of carboxylic acid groups (broad SMARTS) is 1. The second kappa shape index (κ2) is 12.0. The predicted octanol–water partition coefficient (Wildman–Crippen LogP) is 5.64. The number of amides is 2. The summed E-state index contributed by atoms with van der Waals surface area (Å²) < 4.78 is 28.5. The number of thioether (sulfide) groups is 1. The van der Waals surface area contributed by atoms with Crippen LogP contribution in [0.5, 0.6) is 0 Å². The first kappa shape index (κ1) is 30.5. The van der Waals surface area contributed by atoms with Crippen molar-refractivity contribution in [3.63, 3.8) is 0 Å². The van der Waals surface area contributed by atoms with Crippen molar-refractivity contribution in [2.24, 2.45) is 0 Å². The summed E-state index contributed by atoms with van der Waals surface area (Å²) in [6, 6.07) is 4.24. The third-order valence-electron chi connectivity index (χ3n) is 6.87. The van der Waals surface area contributed by atoms with Gasteiger partial charge in [-0.25, -0.2) is 18.5 Å². The lowest BCUT2D eigenvalue weighted by Gasteiger charge is -2.33. The number of carbonyl (C=O) groups excluding carboxylic acids is 1. The maximum absolute atomic E-state index is 13.7. The molecule has 0 bridgehead atoms. The van der Waals surface area contributed by atoms with E-state index in [0.717, 1.165) is 46.9 Å². The van der Waals surface area contributed by atoms with Crippen molar-refractivity contribution in [2.45, 2.75) is 109 Å². The van der Waals surface area contributed by atoms with Gasteiger partial charge in [0.05, 0.1) is 24.7 Å². The minimum absolute atomic E-state index is 0.0489. The molecule has 2 atom stereocenters. The Labute approximate surface area is 230 Å². The molecule has 1 aromatic rings. The molecule has 11 heteroatoms. The van der Waals surface area contributed by atoms with Gasteiger partial charge in [0.1, 0.15) is 9.61 Å². The number of nitrogens with one attached hydrogen (secondary N) is 2. The standard InChI is InChI=1S/C27H41N3O6S2/c1-16(2)20-11-18(15-36-19-9-7-8-10-19)12-21(17(3)4)22(20)13-23(31)30-14-24(37-25(30)27(5,6)34)38(28,35)29-26(32)33/h11-12,14,16-17,19,25,34H,7-10,13,15H2,1-6H3,(H,32,33)(H2,28,29,35). The first-order valence-corrected chi connectivity index (χ1v) is 15.5. The van der Waals surface area contributed by atoms with E-state index in [4.69, 9.17) is 14.6 Å². The number of hydrogen-bond donors (Lipinski definition) is 4. The van der Waals surface area contributed by atoms with Crippen LogP contribution in [0.4, 0.5) is 4.79 Å². The number of aliphatic hydroxyl groups is 1. The largest absolute Gasteiger partial charge is 0.464 e. The van der Waals surface area contributed by atoms with E-state index < -0.39 is 27.0 Å². The average molecular weight is 568 g/mol. The van der Waals surface area contributed by atoms with E-state index in [1.54, 1.807) is 4.72 Å². The number of carbonyl (C=O) groups is 2. The topological polar surface area (TPSA) is 140 Å². The maximum atomic E-state index is 13.7. The molecule has 2 amide bonds. The minimum Gasteiger partial charge on any atom is -0.464 e. The summed E-state index contributed by atoms with van der Waals surface area (Å²) in [5, 5.41) is 18.9. The molecule has 1 aliphatic carbocycles.